The number of imidazole rings is 1. The van der Waals surface area contributed by atoms with E-state index >= 15 is 0 Å². The second-order valence-corrected chi connectivity index (χ2v) is 8.49. The maximum atomic E-state index is 13.2. The molecule has 0 saturated carbocycles. The average molecular weight is 429 g/mol. The number of esters is 1. The van der Waals surface area contributed by atoms with E-state index in [9.17, 15) is 9.18 Å². The minimum absolute atomic E-state index is 0.163. The van der Waals surface area contributed by atoms with E-state index in [1.165, 1.54) is 12.1 Å². The fraction of sp³-hybridized carbons (Fsp3) is 0.522. The van der Waals surface area contributed by atoms with Gasteiger partial charge in [0, 0.05) is 39.2 Å². The van der Waals surface area contributed by atoms with Gasteiger partial charge in [-0.1, -0.05) is 17.3 Å². The van der Waals surface area contributed by atoms with Crippen molar-refractivity contribution in [3.8, 4) is 0 Å². The van der Waals surface area contributed by atoms with Gasteiger partial charge in [-0.15, -0.1) is 0 Å². The quantitative estimate of drug-likeness (QED) is 0.633. The summed E-state index contributed by atoms with van der Waals surface area (Å²) in [5.74, 6) is -0.444. The van der Waals surface area contributed by atoms with Crippen molar-refractivity contribution in [2.75, 3.05) is 19.7 Å². The molecule has 2 aromatic rings. The molecule has 31 heavy (non-hydrogen) atoms. The van der Waals surface area contributed by atoms with Crippen LogP contribution in [0.2, 0.25) is 0 Å². The van der Waals surface area contributed by atoms with Gasteiger partial charge >= 0.3 is 5.97 Å². The molecule has 3 heterocycles. The zero-order valence-corrected chi connectivity index (χ0v) is 18.1. The number of ether oxygens (including phenoxy) is 1. The van der Waals surface area contributed by atoms with Crippen LogP contribution in [0.5, 0.6) is 0 Å². The van der Waals surface area contributed by atoms with Crippen LogP contribution >= 0.6 is 0 Å². The van der Waals surface area contributed by atoms with Crippen molar-refractivity contribution in [2.45, 2.75) is 45.3 Å². The monoisotopic (exact) mass is 428 g/mol. The number of aromatic nitrogens is 2. The molecule has 0 bridgehead atoms. The fourth-order valence-corrected chi connectivity index (χ4v) is 4.62. The molecule has 0 aliphatic carbocycles. The molecule has 0 N–H and O–H groups in total. The normalized spacial score (nSPS) is 24.0. The number of hydrogen-bond acceptors (Lipinski definition) is 6. The van der Waals surface area contributed by atoms with E-state index in [0.29, 0.717) is 26.0 Å². The van der Waals surface area contributed by atoms with Crippen LogP contribution in [0.4, 0.5) is 4.39 Å². The van der Waals surface area contributed by atoms with Gasteiger partial charge in [0.05, 0.1) is 29.8 Å². The standard InChI is InChI=1S/C23H29FN4O3/c1-3-30-22(29)23(9-4-10-28(15-23)14-19-13-25-16-27(19)2)12-20-11-21(26-31-20)17-5-7-18(24)8-6-17/h5-8,13,16,20H,3-4,9-12,14-15H2,1-2H3/t20-,23-/m1/s1. The van der Waals surface area contributed by atoms with Crippen LogP contribution in [-0.2, 0) is 28.0 Å². The lowest BCUT2D eigenvalue weighted by molar-refractivity contribution is -0.162. The van der Waals surface area contributed by atoms with Gasteiger partial charge < -0.3 is 14.1 Å². The number of hydrogen-bond donors (Lipinski definition) is 0. The number of nitrogens with zero attached hydrogens (tertiary/aromatic N) is 4. The predicted molar refractivity (Wildman–Crippen MR) is 114 cm³/mol. The summed E-state index contributed by atoms with van der Waals surface area (Å²) in [4.78, 5) is 25.3. The van der Waals surface area contributed by atoms with E-state index in [0.717, 1.165) is 42.9 Å². The lowest BCUT2D eigenvalue weighted by atomic mass is 9.74. The van der Waals surface area contributed by atoms with Crippen LogP contribution in [0, 0.1) is 11.2 Å². The number of carbonyl (C=O) groups excluding carboxylic acids is 1. The van der Waals surface area contributed by atoms with Gasteiger partial charge in [-0.05, 0) is 44.0 Å². The summed E-state index contributed by atoms with van der Waals surface area (Å²) in [7, 11) is 1.98. The number of aryl methyl sites for hydroxylation is 1. The summed E-state index contributed by atoms with van der Waals surface area (Å²) in [6, 6.07) is 6.25. The molecule has 1 fully saturated rings. The fourth-order valence-electron chi connectivity index (χ4n) is 4.62. The second-order valence-electron chi connectivity index (χ2n) is 8.49. The van der Waals surface area contributed by atoms with Gasteiger partial charge in [-0.3, -0.25) is 9.69 Å². The molecule has 1 aromatic heterocycles. The molecule has 0 amide bonds. The van der Waals surface area contributed by atoms with E-state index < -0.39 is 5.41 Å². The zero-order chi connectivity index (χ0) is 21.8. The number of piperidine rings is 1. The zero-order valence-electron chi connectivity index (χ0n) is 18.1. The minimum atomic E-state index is -0.634. The Balaban J connectivity index is 1.47. The van der Waals surface area contributed by atoms with E-state index in [-0.39, 0.29) is 17.9 Å². The number of rotatable bonds is 7. The summed E-state index contributed by atoms with van der Waals surface area (Å²) in [5, 5.41) is 4.23. The molecular formula is C23H29FN4O3. The Kier molecular flexibility index (Phi) is 6.36. The second kappa shape index (κ2) is 9.18. The van der Waals surface area contributed by atoms with Crippen molar-refractivity contribution in [1.29, 1.82) is 0 Å². The van der Waals surface area contributed by atoms with Gasteiger partial charge in [0.25, 0.3) is 0 Å². The van der Waals surface area contributed by atoms with Crippen molar-refractivity contribution >= 4 is 11.7 Å². The van der Waals surface area contributed by atoms with Gasteiger partial charge in [0.2, 0.25) is 0 Å². The first-order valence-electron chi connectivity index (χ1n) is 10.8. The highest BCUT2D eigenvalue weighted by atomic mass is 19.1. The molecule has 2 aliphatic heterocycles. The lowest BCUT2D eigenvalue weighted by Gasteiger charge is -2.41. The third kappa shape index (κ3) is 4.79. The van der Waals surface area contributed by atoms with Crippen molar-refractivity contribution < 1.29 is 18.8 Å². The third-order valence-corrected chi connectivity index (χ3v) is 6.20. The Morgan fingerprint density at radius 3 is 2.87 bits per heavy atom. The predicted octanol–water partition coefficient (Wildman–Crippen LogP) is 3.29. The Morgan fingerprint density at radius 2 is 2.16 bits per heavy atom. The van der Waals surface area contributed by atoms with Crippen molar-refractivity contribution in [3.05, 3.63) is 53.9 Å². The maximum Gasteiger partial charge on any atom is 0.313 e. The molecule has 8 heteroatoms. The average Bonchev–Trinajstić information content (AvgIpc) is 3.38. The SMILES string of the molecule is CCOC(=O)[C@@]1(C[C@H]2CC(c3ccc(F)cc3)=NO2)CCCN(Cc2cncn2C)C1. The van der Waals surface area contributed by atoms with Crippen LogP contribution in [0.25, 0.3) is 0 Å². The Bertz CT molecular complexity index is 943. The molecule has 166 valence electrons. The molecule has 1 aromatic carbocycles. The number of benzene rings is 1. The van der Waals surface area contributed by atoms with Crippen LogP contribution in [0.15, 0.2) is 41.9 Å². The number of oxime groups is 1. The Hall–Kier alpha value is -2.74. The smallest absolute Gasteiger partial charge is 0.313 e. The highest BCUT2D eigenvalue weighted by Crippen LogP contribution is 2.39. The molecular weight excluding hydrogens is 399 g/mol. The maximum absolute atomic E-state index is 13.2. The summed E-state index contributed by atoms with van der Waals surface area (Å²) < 4.78 is 20.7. The van der Waals surface area contributed by atoms with E-state index in [1.54, 1.807) is 18.5 Å². The highest BCUT2D eigenvalue weighted by molar-refractivity contribution is 6.01. The first-order valence-corrected chi connectivity index (χ1v) is 10.8. The largest absolute Gasteiger partial charge is 0.466 e. The van der Waals surface area contributed by atoms with Crippen LogP contribution in [-0.4, -0.2) is 51.9 Å². The molecule has 4 rings (SSSR count). The summed E-state index contributed by atoms with van der Waals surface area (Å²) in [6.45, 7) is 4.47. The van der Waals surface area contributed by atoms with E-state index in [4.69, 9.17) is 9.57 Å². The topological polar surface area (TPSA) is 69.0 Å². The first kappa shape index (κ1) is 21.5. The number of halogens is 1. The van der Waals surface area contributed by atoms with Gasteiger partial charge in [0.1, 0.15) is 11.9 Å². The van der Waals surface area contributed by atoms with Gasteiger partial charge in [-0.2, -0.15) is 0 Å². The minimum Gasteiger partial charge on any atom is -0.466 e. The molecule has 1 saturated heterocycles. The first-order chi connectivity index (χ1) is 15.0. The summed E-state index contributed by atoms with van der Waals surface area (Å²) >= 11 is 0. The lowest BCUT2D eigenvalue weighted by Crippen LogP contribution is -2.50. The van der Waals surface area contributed by atoms with Crippen LogP contribution < -0.4 is 0 Å². The molecule has 0 radical (unpaired) electrons. The van der Waals surface area contributed by atoms with Crippen LogP contribution in [0.1, 0.15) is 43.9 Å². The van der Waals surface area contributed by atoms with Crippen molar-refractivity contribution in [2.24, 2.45) is 17.6 Å². The number of carbonyl (C=O) groups is 1. The molecule has 0 spiro atoms. The van der Waals surface area contributed by atoms with E-state index in [1.807, 2.05) is 24.7 Å². The Labute approximate surface area is 181 Å². The summed E-state index contributed by atoms with van der Waals surface area (Å²) in [5.41, 5.74) is 2.10. The van der Waals surface area contributed by atoms with Gasteiger partial charge in [-0.25, -0.2) is 9.37 Å². The number of likely N-dealkylation sites (tertiary alicyclic amines) is 1. The molecule has 0 unspecified atom stereocenters. The molecule has 2 aliphatic rings. The van der Waals surface area contributed by atoms with Crippen LogP contribution in [0.3, 0.4) is 0 Å². The van der Waals surface area contributed by atoms with E-state index in [2.05, 4.69) is 15.0 Å². The Morgan fingerprint density at radius 1 is 1.35 bits per heavy atom. The summed E-state index contributed by atoms with van der Waals surface area (Å²) in [6.07, 6.45) is 6.26. The third-order valence-electron chi connectivity index (χ3n) is 6.20. The highest BCUT2D eigenvalue weighted by Gasteiger charge is 2.46. The van der Waals surface area contributed by atoms with Crippen molar-refractivity contribution in [1.82, 2.24) is 14.5 Å². The molecule has 7 nitrogen and oxygen atoms in total. The molecule has 2 atom stereocenters. The van der Waals surface area contributed by atoms with Crippen molar-refractivity contribution in [3.63, 3.8) is 0 Å². The van der Waals surface area contributed by atoms with Gasteiger partial charge in [0.15, 0.2) is 0 Å².